The smallest absolute Gasteiger partial charge is 0.253 e. The molecule has 6 nitrogen and oxygen atoms in total. The zero-order chi connectivity index (χ0) is 19.1. The van der Waals surface area contributed by atoms with E-state index in [2.05, 4.69) is 5.32 Å². The molecule has 0 fully saturated rings. The Morgan fingerprint density at radius 2 is 1.65 bits per heavy atom. The van der Waals surface area contributed by atoms with Gasteiger partial charge in [0.15, 0.2) is 0 Å². The van der Waals surface area contributed by atoms with E-state index in [0.717, 1.165) is 5.56 Å². The summed E-state index contributed by atoms with van der Waals surface area (Å²) in [4.78, 5) is 25.6. The molecule has 2 rings (SSSR count). The van der Waals surface area contributed by atoms with Gasteiger partial charge >= 0.3 is 0 Å². The third-order valence-corrected chi connectivity index (χ3v) is 3.58. The molecule has 2 amide bonds. The maximum Gasteiger partial charge on any atom is 0.253 e. The summed E-state index contributed by atoms with van der Waals surface area (Å²) in [6.07, 6.45) is 3.07. The quantitative estimate of drug-likeness (QED) is 0.810. The first-order valence-corrected chi connectivity index (χ1v) is 7.97. The van der Waals surface area contributed by atoms with Crippen molar-refractivity contribution in [2.24, 2.45) is 0 Å². The Morgan fingerprint density at radius 1 is 1.00 bits per heavy atom. The zero-order valence-electron chi connectivity index (χ0n) is 15.3. The van der Waals surface area contributed by atoms with E-state index in [1.165, 1.54) is 11.0 Å². The number of nitrogens with zero attached hydrogens (tertiary/aromatic N) is 1. The minimum Gasteiger partial charge on any atom is -0.497 e. The van der Waals surface area contributed by atoms with Crippen LogP contribution in [-0.4, -0.2) is 45.0 Å². The normalized spacial score (nSPS) is 10.5. The molecule has 0 aliphatic heterocycles. The fraction of sp³-hybridized carbons (Fsp3) is 0.200. The maximum atomic E-state index is 12.2. The molecular formula is C20H22N2O4. The number of hydrogen-bond acceptors (Lipinski definition) is 4. The minimum absolute atomic E-state index is 0.125. The van der Waals surface area contributed by atoms with Gasteiger partial charge in [0, 0.05) is 37.5 Å². The number of methoxy groups -OCH3 is 2. The minimum atomic E-state index is -0.304. The van der Waals surface area contributed by atoms with Gasteiger partial charge < -0.3 is 19.7 Å². The predicted octanol–water partition coefficient (Wildman–Crippen LogP) is 3.06. The van der Waals surface area contributed by atoms with Crippen LogP contribution in [0.1, 0.15) is 15.9 Å². The lowest BCUT2D eigenvalue weighted by Gasteiger charge is -2.11. The van der Waals surface area contributed by atoms with E-state index in [1.807, 2.05) is 0 Å². The highest BCUT2D eigenvalue weighted by molar-refractivity contribution is 6.03. The van der Waals surface area contributed by atoms with Crippen molar-refractivity contribution in [3.8, 4) is 11.5 Å². The number of carbonyl (C=O) groups excluding carboxylic acids is 2. The van der Waals surface area contributed by atoms with Crippen LogP contribution in [0, 0.1) is 0 Å². The van der Waals surface area contributed by atoms with Crippen molar-refractivity contribution < 1.29 is 19.1 Å². The van der Waals surface area contributed by atoms with Crippen LogP contribution in [0.2, 0.25) is 0 Å². The molecular weight excluding hydrogens is 332 g/mol. The van der Waals surface area contributed by atoms with Crippen LogP contribution in [0.25, 0.3) is 6.08 Å². The van der Waals surface area contributed by atoms with Gasteiger partial charge in [-0.15, -0.1) is 0 Å². The molecule has 6 heteroatoms. The van der Waals surface area contributed by atoms with E-state index in [1.54, 1.807) is 76.9 Å². The van der Waals surface area contributed by atoms with E-state index in [9.17, 15) is 9.59 Å². The fourth-order valence-electron chi connectivity index (χ4n) is 2.27. The summed E-state index contributed by atoms with van der Waals surface area (Å²) in [5.74, 6) is 0.847. The second-order valence-electron chi connectivity index (χ2n) is 5.75. The molecule has 0 bridgehead atoms. The number of ether oxygens (including phenoxy) is 2. The first-order valence-electron chi connectivity index (χ1n) is 7.97. The number of rotatable bonds is 6. The average molecular weight is 354 g/mol. The Balaban J connectivity index is 2.10. The highest BCUT2D eigenvalue weighted by atomic mass is 16.5. The van der Waals surface area contributed by atoms with Gasteiger partial charge in [-0.25, -0.2) is 0 Å². The van der Waals surface area contributed by atoms with Gasteiger partial charge in [0.2, 0.25) is 5.91 Å². The van der Waals surface area contributed by atoms with Gasteiger partial charge in [-0.05, 0) is 42.0 Å². The molecule has 136 valence electrons. The molecule has 1 N–H and O–H groups in total. The number of nitrogens with one attached hydrogen (secondary N) is 1. The molecule has 0 atom stereocenters. The van der Waals surface area contributed by atoms with E-state index in [0.29, 0.717) is 22.7 Å². The van der Waals surface area contributed by atoms with Gasteiger partial charge in [-0.2, -0.15) is 0 Å². The highest BCUT2D eigenvalue weighted by Gasteiger charge is 2.09. The van der Waals surface area contributed by atoms with Crippen LogP contribution in [-0.2, 0) is 4.79 Å². The van der Waals surface area contributed by atoms with Crippen molar-refractivity contribution in [2.75, 3.05) is 33.6 Å². The summed E-state index contributed by atoms with van der Waals surface area (Å²) in [5.41, 5.74) is 1.83. The van der Waals surface area contributed by atoms with Crippen LogP contribution in [0.15, 0.2) is 48.5 Å². The lowest BCUT2D eigenvalue weighted by atomic mass is 10.1. The first-order chi connectivity index (χ1) is 12.4. The highest BCUT2D eigenvalue weighted by Crippen LogP contribution is 2.23. The van der Waals surface area contributed by atoms with Gasteiger partial charge in [-0.3, -0.25) is 9.59 Å². The van der Waals surface area contributed by atoms with Crippen molar-refractivity contribution in [1.82, 2.24) is 4.90 Å². The summed E-state index contributed by atoms with van der Waals surface area (Å²) < 4.78 is 10.4. The second-order valence-corrected chi connectivity index (χ2v) is 5.75. The Labute approximate surface area is 153 Å². The van der Waals surface area contributed by atoms with Gasteiger partial charge in [0.25, 0.3) is 5.91 Å². The maximum absolute atomic E-state index is 12.2. The summed E-state index contributed by atoms with van der Waals surface area (Å²) >= 11 is 0. The van der Waals surface area contributed by atoms with Crippen molar-refractivity contribution in [3.63, 3.8) is 0 Å². The van der Waals surface area contributed by atoms with E-state index >= 15 is 0 Å². The van der Waals surface area contributed by atoms with Crippen molar-refractivity contribution in [1.29, 1.82) is 0 Å². The molecule has 2 aromatic rings. The number of benzene rings is 2. The molecule has 0 aliphatic carbocycles. The molecule has 0 heterocycles. The van der Waals surface area contributed by atoms with Crippen LogP contribution >= 0.6 is 0 Å². The first kappa shape index (κ1) is 19.1. The van der Waals surface area contributed by atoms with Crippen LogP contribution < -0.4 is 14.8 Å². The standard InChI is InChI=1S/C20H22N2O4/c1-22(2)20(24)15-6-5-7-16(12-15)21-19(23)9-8-14-10-17(25-3)13-18(11-14)26-4/h5-13H,1-4H3,(H,21,23). The Bertz CT molecular complexity index is 806. The molecule has 0 spiro atoms. The molecule has 0 aliphatic rings. The SMILES string of the molecule is COc1cc(C=CC(=O)Nc2cccc(C(=O)N(C)C)c2)cc(OC)c1. The van der Waals surface area contributed by atoms with Crippen LogP contribution in [0.5, 0.6) is 11.5 Å². The number of anilines is 1. The Morgan fingerprint density at radius 3 is 2.23 bits per heavy atom. The molecule has 0 saturated carbocycles. The summed E-state index contributed by atoms with van der Waals surface area (Å²) in [6, 6.07) is 12.1. The predicted molar refractivity (Wildman–Crippen MR) is 102 cm³/mol. The van der Waals surface area contributed by atoms with E-state index in [4.69, 9.17) is 9.47 Å². The zero-order valence-corrected chi connectivity index (χ0v) is 15.3. The molecule has 0 radical (unpaired) electrons. The average Bonchev–Trinajstić information content (AvgIpc) is 2.65. The summed E-state index contributed by atoms with van der Waals surface area (Å²) in [7, 11) is 6.49. The van der Waals surface area contributed by atoms with Crippen LogP contribution in [0.3, 0.4) is 0 Å². The third-order valence-electron chi connectivity index (χ3n) is 3.58. The molecule has 0 saturated heterocycles. The monoisotopic (exact) mass is 354 g/mol. The fourth-order valence-corrected chi connectivity index (χ4v) is 2.27. The molecule has 0 aromatic heterocycles. The lowest BCUT2D eigenvalue weighted by Crippen LogP contribution is -2.21. The number of amides is 2. The largest absolute Gasteiger partial charge is 0.497 e. The van der Waals surface area contributed by atoms with Crippen molar-refractivity contribution >= 4 is 23.6 Å². The van der Waals surface area contributed by atoms with Crippen molar-refractivity contribution in [2.45, 2.75) is 0 Å². The lowest BCUT2D eigenvalue weighted by molar-refractivity contribution is -0.111. The number of carbonyl (C=O) groups is 2. The van der Waals surface area contributed by atoms with E-state index < -0.39 is 0 Å². The van der Waals surface area contributed by atoms with Crippen molar-refractivity contribution in [3.05, 3.63) is 59.7 Å². The topological polar surface area (TPSA) is 67.9 Å². The molecule has 26 heavy (non-hydrogen) atoms. The van der Waals surface area contributed by atoms with Crippen LogP contribution in [0.4, 0.5) is 5.69 Å². The molecule has 0 unspecified atom stereocenters. The van der Waals surface area contributed by atoms with Gasteiger partial charge in [0.1, 0.15) is 11.5 Å². The van der Waals surface area contributed by atoms with E-state index in [-0.39, 0.29) is 11.8 Å². The van der Waals surface area contributed by atoms with Gasteiger partial charge in [-0.1, -0.05) is 6.07 Å². The summed E-state index contributed by atoms with van der Waals surface area (Å²) in [6.45, 7) is 0. The Hall–Kier alpha value is -3.28. The molecule has 2 aromatic carbocycles. The Kier molecular flexibility index (Phi) is 6.38. The summed E-state index contributed by atoms with van der Waals surface area (Å²) in [5, 5.41) is 2.74. The second kappa shape index (κ2) is 8.71. The van der Waals surface area contributed by atoms with Gasteiger partial charge in [0.05, 0.1) is 14.2 Å². The third kappa shape index (κ3) is 5.11. The number of hydrogen-bond donors (Lipinski definition) is 1.